The lowest BCUT2D eigenvalue weighted by Crippen LogP contribution is -2.15. The van der Waals surface area contributed by atoms with Crippen molar-refractivity contribution in [2.24, 2.45) is 0 Å². The lowest BCUT2D eigenvalue weighted by molar-refractivity contribution is 0.602. The van der Waals surface area contributed by atoms with Crippen molar-refractivity contribution < 1.29 is 8.42 Å². The van der Waals surface area contributed by atoms with E-state index in [1.807, 2.05) is 13.0 Å². The van der Waals surface area contributed by atoms with Gasteiger partial charge in [-0.25, -0.2) is 8.42 Å². The highest BCUT2D eigenvalue weighted by Gasteiger charge is 2.10. The SMILES string of the molecule is CCCC(C)Nc1cc(S(C)(=O)=O)ccc1C. The van der Waals surface area contributed by atoms with Crippen LogP contribution in [0.3, 0.4) is 0 Å². The normalized spacial score (nSPS) is 13.4. The molecule has 0 aliphatic rings. The average Bonchev–Trinajstić information content (AvgIpc) is 2.20. The molecule has 1 rings (SSSR count). The number of aryl methyl sites for hydroxylation is 1. The minimum Gasteiger partial charge on any atom is -0.382 e. The molecule has 0 heterocycles. The summed E-state index contributed by atoms with van der Waals surface area (Å²) in [6, 6.07) is 5.57. The Labute approximate surface area is 104 Å². The number of rotatable bonds is 5. The van der Waals surface area contributed by atoms with Gasteiger partial charge in [-0.3, -0.25) is 0 Å². The highest BCUT2D eigenvalue weighted by atomic mass is 32.2. The van der Waals surface area contributed by atoms with E-state index in [0.717, 1.165) is 24.1 Å². The van der Waals surface area contributed by atoms with Gasteiger partial charge in [0.1, 0.15) is 0 Å². The van der Waals surface area contributed by atoms with Crippen LogP contribution in [0.4, 0.5) is 5.69 Å². The number of hydrogen-bond donors (Lipinski definition) is 1. The van der Waals surface area contributed by atoms with E-state index in [2.05, 4.69) is 19.2 Å². The lowest BCUT2D eigenvalue weighted by atomic mass is 10.1. The summed E-state index contributed by atoms with van der Waals surface area (Å²) < 4.78 is 23.0. The minimum atomic E-state index is -3.13. The molecule has 1 aromatic carbocycles. The average molecular weight is 255 g/mol. The molecule has 17 heavy (non-hydrogen) atoms. The molecule has 96 valence electrons. The monoisotopic (exact) mass is 255 g/mol. The Kier molecular flexibility index (Phi) is 4.57. The van der Waals surface area contributed by atoms with Gasteiger partial charge < -0.3 is 5.32 Å². The molecule has 1 unspecified atom stereocenters. The molecule has 0 spiro atoms. The first-order valence-corrected chi connectivity index (χ1v) is 7.81. The number of anilines is 1. The van der Waals surface area contributed by atoms with Crippen molar-refractivity contribution in [3.05, 3.63) is 23.8 Å². The Morgan fingerprint density at radius 1 is 1.35 bits per heavy atom. The van der Waals surface area contributed by atoms with Crippen LogP contribution in [0.1, 0.15) is 32.3 Å². The summed E-state index contributed by atoms with van der Waals surface area (Å²) in [5.41, 5.74) is 1.98. The van der Waals surface area contributed by atoms with Crippen LogP contribution >= 0.6 is 0 Å². The van der Waals surface area contributed by atoms with Gasteiger partial charge in [-0.05, 0) is 38.0 Å². The smallest absolute Gasteiger partial charge is 0.175 e. The van der Waals surface area contributed by atoms with Gasteiger partial charge in [-0.1, -0.05) is 19.4 Å². The summed E-state index contributed by atoms with van der Waals surface area (Å²) in [6.07, 6.45) is 3.42. The minimum absolute atomic E-state index is 0.355. The van der Waals surface area contributed by atoms with Crippen LogP contribution in [0.5, 0.6) is 0 Å². The fourth-order valence-corrected chi connectivity index (χ4v) is 2.41. The molecule has 3 nitrogen and oxygen atoms in total. The molecule has 0 bridgehead atoms. The van der Waals surface area contributed by atoms with Gasteiger partial charge in [0.2, 0.25) is 0 Å². The number of nitrogens with one attached hydrogen (secondary N) is 1. The molecule has 1 aromatic rings. The van der Waals surface area contributed by atoms with Crippen molar-refractivity contribution in [3.8, 4) is 0 Å². The predicted molar refractivity (Wildman–Crippen MR) is 72.3 cm³/mol. The highest BCUT2D eigenvalue weighted by molar-refractivity contribution is 7.90. The third kappa shape index (κ3) is 4.04. The molecule has 1 atom stereocenters. The van der Waals surface area contributed by atoms with Crippen LogP contribution in [0.2, 0.25) is 0 Å². The molecule has 0 aliphatic heterocycles. The highest BCUT2D eigenvalue weighted by Crippen LogP contribution is 2.21. The second-order valence-electron chi connectivity index (χ2n) is 4.58. The number of sulfone groups is 1. The lowest BCUT2D eigenvalue weighted by Gasteiger charge is -2.17. The van der Waals surface area contributed by atoms with Gasteiger partial charge in [0.05, 0.1) is 4.90 Å². The van der Waals surface area contributed by atoms with Gasteiger partial charge in [0.15, 0.2) is 9.84 Å². The van der Waals surface area contributed by atoms with Gasteiger partial charge in [0, 0.05) is 18.0 Å². The molecule has 0 amide bonds. The summed E-state index contributed by atoms with van der Waals surface area (Å²) in [5.74, 6) is 0. The van der Waals surface area contributed by atoms with E-state index in [1.165, 1.54) is 6.26 Å². The number of benzene rings is 1. The standard InChI is InChI=1S/C13H21NO2S/c1-5-6-11(3)14-13-9-12(17(4,15)16)8-7-10(13)2/h7-9,11,14H,5-6H2,1-4H3. The van der Waals surface area contributed by atoms with E-state index in [0.29, 0.717) is 10.9 Å². The van der Waals surface area contributed by atoms with Crippen molar-refractivity contribution in [2.75, 3.05) is 11.6 Å². The van der Waals surface area contributed by atoms with E-state index in [1.54, 1.807) is 12.1 Å². The van der Waals surface area contributed by atoms with Gasteiger partial charge in [-0.15, -0.1) is 0 Å². The molecular weight excluding hydrogens is 234 g/mol. The first-order valence-electron chi connectivity index (χ1n) is 5.92. The zero-order valence-electron chi connectivity index (χ0n) is 10.9. The maximum absolute atomic E-state index is 11.5. The van der Waals surface area contributed by atoms with Crippen molar-refractivity contribution in [2.45, 2.75) is 44.6 Å². The number of hydrogen-bond acceptors (Lipinski definition) is 3. The van der Waals surface area contributed by atoms with E-state index in [4.69, 9.17) is 0 Å². The molecular formula is C13H21NO2S. The summed E-state index contributed by atoms with van der Waals surface area (Å²) in [4.78, 5) is 0.370. The summed E-state index contributed by atoms with van der Waals surface area (Å²) in [6.45, 7) is 6.22. The third-order valence-electron chi connectivity index (χ3n) is 2.76. The zero-order valence-corrected chi connectivity index (χ0v) is 11.8. The second kappa shape index (κ2) is 5.54. The van der Waals surface area contributed by atoms with E-state index < -0.39 is 9.84 Å². The van der Waals surface area contributed by atoms with Gasteiger partial charge >= 0.3 is 0 Å². The molecule has 0 aromatic heterocycles. The summed E-state index contributed by atoms with van der Waals surface area (Å²) in [5, 5.41) is 3.36. The molecule has 0 aliphatic carbocycles. The Bertz CT molecular complexity index is 480. The zero-order chi connectivity index (χ0) is 13.1. The fraction of sp³-hybridized carbons (Fsp3) is 0.538. The van der Waals surface area contributed by atoms with Crippen LogP contribution in [-0.4, -0.2) is 20.7 Å². The molecule has 0 radical (unpaired) electrons. The quantitative estimate of drug-likeness (QED) is 0.879. The Hall–Kier alpha value is -1.03. The Morgan fingerprint density at radius 2 is 2.00 bits per heavy atom. The van der Waals surface area contributed by atoms with E-state index in [9.17, 15) is 8.42 Å². The second-order valence-corrected chi connectivity index (χ2v) is 6.60. The first kappa shape index (κ1) is 14.0. The van der Waals surface area contributed by atoms with Crippen LogP contribution < -0.4 is 5.32 Å². The maximum atomic E-state index is 11.5. The molecule has 0 saturated heterocycles. The largest absolute Gasteiger partial charge is 0.382 e. The third-order valence-corrected chi connectivity index (χ3v) is 3.87. The molecule has 1 N–H and O–H groups in total. The Balaban J connectivity index is 2.99. The van der Waals surface area contributed by atoms with Crippen molar-refractivity contribution in [1.29, 1.82) is 0 Å². The van der Waals surface area contributed by atoms with Crippen LogP contribution in [0, 0.1) is 6.92 Å². The van der Waals surface area contributed by atoms with Crippen LogP contribution in [0.25, 0.3) is 0 Å². The maximum Gasteiger partial charge on any atom is 0.175 e. The first-order chi connectivity index (χ1) is 7.84. The molecule has 0 saturated carbocycles. The fourth-order valence-electron chi connectivity index (χ4n) is 1.76. The van der Waals surface area contributed by atoms with Crippen molar-refractivity contribution in [1.82, 2.24) is 0 Å². The van der Waals surface area contributed by atoms with Crippen molar-refractivity contribution in [3.63, 3.8) is 0 Å². The summed E-state index contributed by atoms with van der Waals surface area (Å²) in [7, 11) is -3.13. The predicted octanol–water partition coefficient (Wildman–Crippen LogP) is 3.00. The Morgan fingerprint density at radius 3 is 2.53 bits per heavy atom. The topological polar surface area (TPSA) is 46.2 Å². The van der Waals surface area contributed by atoms with Gasteiger partial charge in [0.25, 0.3) is 0 Å². The van der Waals surface area contributed by atoms with Crippen molar-refractivity contribution >= 4 is 15.5 Å². The van der Waals surface area contributed by atoms with Crippen LogP contribution in [-0.2, 0) is 9.84 Å². The molecule has 0 fully saturated rings. The molecule has 4 heteroatoms. The van der Waals surface area contributed by atoms with E-state index in [-0.39, 0.29) is 0 Å². The van der Waals surface area contributed by atoms with Crippen LogP contribution in [0.15, 0.2) is 23.1 Å². The van der Waals surface area contributed by atoms with Gasteiger partial charge in [-0.2, -0.15) is 0 Å². The summed E-state index contributed by atoms with van der Waals surface area (Å²) >= 11 is 0. The van der Waals surface area contributed by atoms with E-state index >= 15 is 0 Å².